The third-order valence-corrected chi connectivity index (χ3v) is 5.12. The van der Waals surface area contributed by atoms with E-state index >= 15 is 0 Å². The highest BCUT2D eigenvalue weighted by Gasteiger charge is 2.23. The van der Waals surface area contributed by atoms with Crippen LogP contribution in [0, 0.1) is 0 Å². The first-order chi connectivity index (χ1) is 15.3. The minimum Gasteiger partial charge on any atom is -0.508 e. The van der Waals surface area contributed by atoms with Crippen molar-refractivity contribution in [1.29, 1.82) is 0 Å². The average molecular weight is 440 g/mol. The highest BCUT2D eigenvalue weighted by molar-refractivity contribution is 5.90. The molecule has 1 aromatic heterocycles. The van der Waals surface area contributed by atoms with E-state index in [0.29, 0.717) is 30.0 Å². The second-order valence-corrected chi connectivity index (χ2v) is 7.82. The number of nitrogens with two attached hydrogens (primary N) is 1. The van der Waals surface area contributed by atoms with E-state index in [1.165, 1.54) is 10.6 Å². The van der Waals surface area contributed by atoms with Gasteiger partial charge >= 0.3 is 0 Å². The summed E-state index contributed by atoms with van der Waals surface area (Å²) < 4.78 is 6.55. The van der Waals surface area contributed by atoms with Gasteiger partial charge in [-0.2, -0.15) is 0 Å². The maximum Gasteiger partial charge on any atom is 0.287 e. The number of nitrogens with zero attached hydrogens (tertiary/aromatic N) is 3. The number of hydrogen-bond donors (Lipinski definition) is 4. The maximum atomic E-state index is 12.0. The van der Waals surface area contributed by atoms with Crippen molar-refractivity contribution in [2.24, 2.45) is 5.73 Å². The van der Waals surface area contributed by atoms with Crippen molar-refractivity contribution < 1.29 is 19.7 Å². The summed E-state index contributed by atoms with van der Waals surface area (Å²) in [6, 6.07) is 10.5. The summed E-state index contributed by atoms with van der Waals surface area (Å²) in [4.78, 5) is 12.0. The monoisotopic (exact) mass is 439 g/mol. The van der Waals surface area contributed by atoms with Crippen molar-refractivity contribution in [1.82, 2.24) is 20.1 Å². The lowest BCUT2D eigenvalue weighted by Gasteiger charge is -2.14. The van der Waals surface area contributed by atoms with E-state index in [1.807, 2.05) is 38.1 Å². The summed E-state index contributed by atoms with van der Waals surface area (Å²) in [6.07, 6.45) is 0.926. The molecule has 32 heavy (non-hydrogen) atoms. The molecule has 0 bridgehead atoms. The van der Waals surface area contributed by atoms with Crippen molar-refractivity contribution in [3.63, 3.8) is 0 Å². The summed E-state index contributed by atoms with van der Waals surface area (Å²) in [5.74, 6) is -0.710. The smallest absolute Gasteiger partial charge is 0.287 e. The predicted octanol–water partition coefficient (Wildman–Crippen LogP) is 2.69. The van der Waals surface area contributed by atoms with E-state index in [1.54, 1.807) is 13.2 Å². The van der Waals surface area contributed by atoms with Crippen LogP contribution >= 0.6 is 0 Å². The van der Waals surface area contributed by atoms with Gasteiger partial charge in [-0.3, -0.25) is 9.36 Å². The number of aromatic nitrogens is 3. The van der Waals surface area contributed by atoms with Crippen molar-refractivity contribution in [2.45, 2.75) is 32.7 Å². The molecule has 0 saturated heterocycles. The Hall–Kier alpha value is -3.43. The fourth-order valence-corrected chi connectivity index (χ4v) is 3.44. The molecular formula is C23H29N5O4. The minimum atomic E-state index is -0.741. The normalized spacial score (nSPS) is 11.2. The molecule has 0 unspecified atom stereocenters. The number of primary amides is 1. The number of benzene rings is 2. The Morgan fingerprint density at radius 3 is 2.50 bits per heavy atom. The maximum absolute atomic E-state index is 12.0. The molecule has 9 heteroatoms. The fourth-order valence-electron chi connectivity index (χ4n) is 3.44. The second kappa shape index (κ2) is 10.3. The molecule has 0 fully saturated rings. The molecule has 3 rings (SSSR count). The number of phenols is 2. The zero-order valence-electron chi connectivity index (χ0n) is 18.5. The number of carbonyl (C=O) groups excluding carboxylic acids is 1. The third-order valence-electron chi connectivity index (χ3n) is 5.12. The minimum absolute atomic E-state index is 0.00945. The molecule has 1 heterocycles. The van der Waals surface area contributed by atoms with Gasteiger partial charge in [-0.05, 0) is 48.2 Å². The first-order valence-corrected chi connectivity index (χ1v) is 10.4. The van der Waals surface area contributed by atoms with E-state index in [4.69, 9.17) is 10.5 Å². The largest absolute Gasteiger partial charge is 0.508 e. The molecule has 0 aliphatic heterocycles. The van der Waals surface area contributed by atoms with Crippen LogP contribution in [0.25, 0.3) is 17.1 Å². The standard InChI is InChI=1S/C23H29N5O4/c1-14(2)17-11-18(20(30)12-19(17)29)22-26-27-23(21(24)31)28(22)16-7-5-15(6-8-16)13-25-9-4-10-32-3/h5-8,11-12,14,25,29-30H,4,9-10,13H2,1-3H3,(H2,24,31). The van der Waals surface area contributed by atoms with Crippen molar-refractivity contribution in [2.75, 3.05) is 20.3 Å². The molecule has 3 aromatic rings. The number of rotatable bonds is 10. The summed E-state index contributed by atoms with van der Waals surface area (Å²) >= 11 is 0. The Morgan fingerprint density at radius 1 is 1.16 bits per heavy atom. The third kappa shape index (κ3) is 5.06. The number of phenolic OH excluding ortho intramolecular Hbond substituents is 2. The number of hydrogen-bond acceptors (Lipinski definition) is 7. The number of methoxy groups -OCH3 is 1. The molecule has 0 spiro atoms. The molecule has 9 nitrogen and oxygen atoms in total. The molecule has 5 N–H and O–H groups in total. The van der Waals surface area contributed by atoms with Gasteiger partial charge in [0.25, 0.3) is 5.91 Å². The van der Waals surface area contributed by atoms with Crippen LogP contribution in [0.1, 0.15) is 47.9 Å². The van der Waals surface area contributed by atoms with Gasteiger partial charge in [0, 0.05) is 32.0 Å². The number of carbonyl (C=O) groups is 1. The van der Waals surface area contributed by atoms with Crippen molar-refractivity contribution in [3.8, 4) is 28.6 Å². The van der Waals surface area contributed by atoms with E-state index in [9.17, 15) is 15.0 Å². The molecule has 0 saturated carbocycles. The lowest BCUT2D eigenvalue weighted by atomic mass is 9.98. The van der Waals surface area contributed by atoms with Crippen LogP contribution in [0.2, 0.25) is 0 Å². The highest BCUT2D eigenvalue weighted by atomic mass is 16.5. The summed E-state index contributed by atoms with van der Waals surface area (Å²) in [7, 11) is 1.68. The van der Waals surface area contributed by atoms with Crippen molar-refractivity contribution in [3.05, 3.63) is 53.3 Å². The quantitative estimate of drug-likeness (QED) is 0.357. The predicted molar refractivity (Wildman–Crippen MR) is 121 cm³/mol. The number of ether oxygens (including phenoxy) is 1. The van der Waals surface area contributed by atoms with E-state index < -0.39 is 5.91 Å². The van der Waals surface area contributed by atoms with Gasteiger partial charge in [0.15, 0.2) is 5.82 Å². The first kappa shape index (κ1) is 23.2. The molecule has 0 atom stereocenters. The average Bonchev–Trinajstić information content (AvgIpc) is 3.19. The molecule has 0 radical (unpaired) electrons. The van der Waals surface area contributed by atoms with E-state index in [-0.39, 0.29) is 29.1 Å². The Kier molecular flexibility index (Phi) is 7.45. The Bertz CT molecular complexity index is 1080. The molecule has 1 amide bonds. The first-order valence-electron chi connectivity index (χ1n) is 10.4. The highest BCUT2D eigenvalue weighted by Crippen LogP contribution is 2.38. The second-order valence-electron chi connectivity index (χ2n) is 7.82. The van der Waals surface area contributed by atoms with Crippen LogP contribution in [0.4, 0.5) is 0 Å². The number of amides is 1. The zero-order chi connectivity index (χ0) is 23.3. The van der Waals surface area contributed by atoms with Gasteiger partial charge in [-0.25, -0.2) is 0 Å². The summed E-state index contributed by atoms with van der Waals surface area (Å²) in [6.45, 7) is 6.10. The Morgan fingerprint density at radius 2 is 1.88 bits per heavy atom. The van der Waals surface area contributed by atoms with Gasteiger partial charge in [-0.15, -0.1) is 10.2 Å². The lowest BCUT2D eigenvalue weighted by Crippen LogP contribution is -2.18. The van der Waals surface area contributed by atoms with Crippen LogP contribution in [0.5, 0.6) is 11.5 Å². The van der Waals surface area contributed by atoms with Gasteiger partial charge in [0.1, 0.15) is 11.5 Å². The van der Waals surface area contributed by atoms with Gasteiger partial charge in [0.2, 0.25) is 5.82 Å². The van der Waals surface area contributed by atoms with Gasteiger partial charge < -0.3 is 26.0 Å². The van der Waals surface area contributed by atoms with Crippen LogP contribution in [-0.4, -0.2) is 51.1 Å². The van der Waals surface area contributed by atoms with Crippen LogP contribution in [0.15, 0.2) is 36.4 Å². The van der Waals surface area contributed by atoms with Crippen molar-refractivity contribution >= 4 is 5.91 Å². The lowest BCUT2D eigenvalue weighted by molar-refractivity contribution is 0.0988. The zero-order valence-corrected chi connectivity index (χ0v) is 18.5. The molecular weight excluding hydrogens is 410 g/mol. The van der Waals surface area contributed by atoms with Crippen LogP contribution in [-0.2, 0) is 11.3 Å². The SMILES string of the molecule is COCCCNCc1ccc(-n2c(C(N)=O)nnc2-c2cc(C(C)C)c(O)cc2O)cc1. The number of nitrogens with one attached hydrogen (secondary N) is 1. The number of aromatic hydroxyl groups is 2. The van der Waals surface area contributed by atoms with E-state index in [2.05, 4.69) is 15.5 Å². The summed E-state index contributed by atoms with van der Waals surface area (Å²) in [5, 5.41) is 32.1. The van der Waals surface area contributed by atoms with Crippen LogP contribution in [0.3, 0.4) is 0 Å². The summed E-state index contributed by atoms with van der Waals surface area (Å²) in [5.41, 5.74) is 8.21. The van der Waals surface area contributed by atoms with Gasteiger partial charge in [-0.1, -0.05) is 26.0 Å². The Labute approximate surface area is 186 Å². The fraction of sp³-hybridized carbons (Fsp3) is 0.348. The van der Waals surface area contributed by atoms with Gasteiger partial charge in [0.05, 0.1) is 5.56 Å². The van der Waals surface area contributed by atoms with Crippen LogP contribution < -0.4 is 11.1 Å². The molecule has 170 valence electrons. The topological polar surface area (TPSA) is 136 Å². The Balaban J connectivity index is 1.97. The molecule has 2 aromatic carbocycles. The van der Waals surface area contributed by atoms with E-state index in [0.717, 1.165) is 18.5 Å². The molecule has 0 aliphatic carbocycles. The molecule has 0 aliphatic rings.